The van der Waals surface area contributed by atoms with Crippen LogP contribution in [0.5, 0.6) is 5.75 Å². The highest BCUT2D eigenvalue weighted by Gasteiger charge is 2.37. The fourth-order valence-electron chi connectivity index (χ4n) is 4.79. The van der Waals surface area contributed by atoms with Crippen LogP contribution in [0, 0.1) is 25.2 Å². The van der Waals surface area contributed by atoms with Gasteiger partial charge in [0.05, 0.1) is 16.2 Å². The molecule has 0 unspecified atom stereocenters. The third-order valence-corrected chi connectivity index (χ3v) is 7.02. The minimum atomic E-state index is 0.247. The van der Waals surface area contributed by atoms with Crippen molar-refractivity contribution in [1.29, 1.82) is 0 Å². The van der Waals surface area contributed by atoms with Crippen molar-refractivity contribution in [3.05, 3.63) is 99.5 Å². The second-order valence-electron chi connectivity index (χ2n) is 8.60. The first-order chi connectivity index (χ1) is 16.1. The number of nitrogens with zero attached hydrogens (tertiary/aromatic N) is 1. The second kappa shape index (κ2) is 9.29. The van der Waals surface area contributed by atoms with Crippen molar-refractivity contribution >= 4 is 33.5 Å². The number of hydrogen-bond acceptors (Lipinski definition) is 3. The lowest BCUT2D eigenvalue weighted by molar-refractivity contribution is 0.368. The van der Waals surface area contributed by atoms with Gasteiger partial charge in [-0.15, -0.1) is 6.42 Å². The Kier molecular flexibility index (Phi) is 6.07. The van der Waals surface area contributed by atoms with Gasteiger partial charge >= 0.3 is 0 Å². The maximum atomic E-state index is 5.49. The summed E-state index contributed by atoms with van der Waals surface area (Å²) in [5, 5.41) is 3.81. The predicted octanol–water partition coefficient (Wildman–Crippen LogP) is 7.35. The number of aliphatic imine (C=N–C) groups is 1. The molecule has 3 nitrogen and oxygen atoms in total. The normalized spacial score (nSPS) is 20.7. The van der Waals surface area contributed by atoms with Crippen LogP contribution >= 0.6 is 15.9 Å². The zero-order chi connectivity index (χ0) is 22.8. The first kappa shape index (κ1) is 21.6. The minimum absolute atomic E-state index is 0.247. The van der Waals surface area contributed by atoms with Crippen LogP contribution in [0.25, 0.3) is 0 Å². The summed E-state index contributed by atoms with van der Waals surface area (Å²) in [7, 11) is 0. The van der Waals surface area contributed by atoms with Crippen LogP contribution in [-0.4, -0.2) is 12.8 Å². The van der Waals surface area contributed by atoms with E-state index < -0.39 is 0 Å². The molecule has 1 aliphatic carbocycles. The Labute approximate surface area is 203 Å². The van der Waals surface area contributed by atoms with Gasteiger partial charge in [-0.1, -0.05) is 47.9 Å². The number of terminal acetylenes is 1. The Balaban J connectivity index is 1.32. The van der Waals surface area contributed by atoms with E-state index in [0.717, 1.165) is 27.9 Å². The minimum Gasteiger partial charge on any atom is -0.480 e. The van der Waals surface area contributed by atoms with Gasteiger partial charge in [0.15, 0.2) is 0 Å². The molecule has 5 rings (SSSR count). The molecule has 0 aromatic heterocycles. The van der Waals surface area contributed by atoms with E-state index in [4.69, 9.17) is 11.2 Å². The molecule has 0 saturated heterocycles. The third kappa shape index (κ3) is 4.47. The summed E-state index contributed by atoms with van der Waals surface area (Å²) in [4.78, 5) is 4.66. The van der Waals surface area contributed by atoms with Crippen molar-refractivity contribution in [3.8, 4) is 18.1 Å². The van der Waals surface area contributed by atoms with E-state index in [1.165, 1.54) is 22.4 Å². The number of ether oxygens (including phenoxy) is 1. The predicted molar refractivity (Wildman–Crippen MR) is 140 cm³/mol. The number of halogens is 1. The maximum Gasteiger partial charge on any atom is 0.148 e. The molecule has 3 aromatic carbocycles. The van der Waals surface area contributed by atoms with Gasteiger partial charge in [-0.3, -0.25) is 4.99 Å². The largest absolute Gasteiger partial charge is 0.480 e. The average Bonchev–Trinajstić information content (AvgIpc) is 3.33. The highest BCUT2D eigenvalue weighted by atomic mass is 79.9. The number of aryl methyl sites for hydroxylation is 1. The number of rotatable bonds is 5. The summed E-state index contributed by atoms with van der Waals surface area (Å²) >= 11 is 3.53. The van der Waals surface area contributed by atoms with E-state index in [1.807, 2.05) is 24.4 Å². The van der Waals surface area contributed by atoms with Crippen LogP contribution in [0.3, 0.4) is 0 Å². The monoisotopic (exact) mass is 496 g/mol. The molecule has 3 atom stereocenters. The molecule has 0 amide bonds. The molecule has 1 heterocycles. The van der Waals surface area contributed by atoms with Crippen molar-refractivity contribution < 1.29 is 4.74 Å². The zero-order valence-corrected chi connectivity index (χ0v) is 20.0. The van der Waals surface area contributed by atoms with E-state index in [2.05, 4.69) is 93.7 Å². The second-order valence-corrected chi connectivity index (χ2v) is 9.45. The Hall–Kier alpha value is -3.29. The van der Waals surface area contributed by atoms with E-state index >= 15 is 0 Å². The van der Waals surface area contributed by atoms with Crippen LogP contribution in [0.1, 0.15) is 40.6 Å². The van der Waals surface area contributed by atoms with Crippen molar-refractivity contribution in [1.82, 2.24) is 0 Å². The highest BCUT2D eigenvalue weighted by Crippen LogP contribution is 2.50. The van der Waals surface area contributed by atoms with Crippen molar-refractivity contribution in [2.24, 2.45) is 10.9 Å². The summed E-state index contributed by atoms with van der Waals surface area (Å²) in [6.07, 6.45) is 12.9. The smallest absolute Gasteiger partial charge is 0.148 e. The zero-order valence-electron chi connectivity index (χ0n) is 18.5. The first-order valence-electron chi connectivity index (χ1n) is 11.2. The molecule has 0 radical (unpaired) electrons. The lowest BCUT2D eigenvalue weighted by atomic mass is 9.76. The van der Waals surface area contributed by atoms with Crippen LogP contribution < -0.4 is 10.1 Å². The summed E-state index contributed by atoms with van der Waals surface area (Å²) in [6, 6.07) is 21.5. The number of hydrogen-bond donors (Lipinski definition) is 1. The Bertz CT molecular complexity index is 1270. The summed E-state index contributed by atoms with van der Waals surface area (Å²) in [6.45, 7) is 2.41. The van der Waals surface area contributed by atoms with Gasteiger partial charge in [0.1, 0.15) is 12.4 Å². The molecular formula is C29H25BrN2O. The number of anilines is 1. The molecule has 0 saturated carbocycles. The van der Waals surface area contributed by atoms with E-state index in [0.29, 0.717) is 17.9 Å². The van der Waals surface area contributed by atoms with Gasteiger partial charge in [-0.05, 0) is 88.3 Å². The maximum absolute atomic E-state index is 5.49. The number of benzene rings is 3. The number of allylic oxidation sites excluding steroid dienone is 2. The van der Waals surface area contributed by atoms with Crippen molar-refractivity contribution in [2.45, 2.75) is 25.3 Å². The topological polar surface area (TPSA) is 33.6 Å². The molecule has 0 fully saturated rings. The molecule has 1 aliphatic heterocycles. The summed E-state index contributed by atoms with van der Waals surface area (Å²) in [5.74, 6) is 4.23. The van der Waals surface area contributed by atoms with Gasteiger partial charge in [-0.25, -0.2) is 0 Å². The third-order valence-electron chi connectivity index (χ3n) is 6.40. The van der Waals surface area contributed by atoms with Gasteiger partial charge in [-0.2, -0.15) is 0 Å². The van der Waals surface area contributed by atoms with Gasteiger partial charge in [0.25, 0.3) is 0 Å². The van der Waals surface area contributed by atoms with E-state index in [1.54, 1.807) is 0 Å². The fourth-order valence-corrected chi connectivity index (χ4v) is 5.31. The average molecular weight is 497 g/mol. The van der Waals surface area contributed by atoms with Gasteiger partial charge in [0.2, 0.25) is 0 Å². The molecule has 33 heavy (non-hydrogen) atoms. The van der Waals surface area contributed by atoms with Crippen molar-refractivity contribution in [2.75, 3.05) is 11.9 Å². The SMILES string of the molecule is C#CCOc1ccc(C=Nc2ccc([C@@H]3Nc4ccc(C)cc4[C@H]4C=CC[C@@H]43)cc2)cc1Br. The molecular weight excluding hydrogens is 472 g/mol. The Morgan fingerprint density at radius 3 is 2.79 bits per heavy atom. The van der Waals surface area contributed by atoms with Crippen LogP contribution in [0.15, 0.2) is 82.3 Å². The lowest BCUT2D eigenvalue weighted by Crippen LogP contribution is -2.29. The molecule has 4 heteroatoms. The number of nitrogens with one attached hydrogen (secondary N) is 1. The quantitative estimate of drug-likeness (QED) is 0.227. The molecule has 3 aromatic rings. The Morgan fingerprint density at radius 1 is 1.15 bits per heavy atom. The van der Waals surface area contributed by atoms with E-state index in [-0.39, 0.29) is 6.61 Å². The fraction of sp³-hybridized carbons (Fsp3) is 0.207. The molecule has 0 spiro atoms. The molecule has 1 N–H and O–H groups in total. The molecule has 2 aliphatic rings. The summed E-state index contributed by atoms with van der Waals surface area (Å²) in [5.41, 5.74) is 7.21. The van der Waals surface area contributed by atoms with E-state index in [9.17, 15) is 0 Å². The first-order valence-corrected chi connectivity index (χ1v) is 12.0. The molecule has 164 valence electrons. The van der Waals surface area contributed by atoms with Gasteiger partial charge < -0.3 is 10.1 Å². The van der Waals surface area contributed by atoms with Crippen LogP contribution in [0.2, 0.25) is 0 Å². The van der Waals surface area contributed by atoms with Crippen LogP contribution in [0.4, 0.5) is 11.4 Å². The lowest BCUT2D eigenvalue weighted by Gasteiger charge is -2.37. The standard InChI is InChI=1S/C29H25BrN2O/c1-3-15-33-28-14-8-20(17-26(28)30)18-31-22-11-9-21(10-12-22)29-24-6-4-5-23(24)25-16-19(2)7-13-27(25)32-29/h1,4-5,7-14,16-18,23-24,29,32H,6,15H2,2H3/t23-,24-,29-/m0/s1. The van der Waals surface area contributed by atoms with Gasteiger partial charge in [0, 0.05) is 17.8 Å². The summed E-state index contributed by atoms with van der Waals surface area (Å²) < 4.78 is 6.35. The molecule has 0 bridgehead atoms. The van der Waals surface area contributed by atoms with Crippen molar-refractivity contribution in [3.63, 3.8) is 0 Å². The number of fused-ring (bicyclic) bond motifs is 3. The highest BCUT2D eigenvalue weighted by molar-refractivity contribution is 9.10. The Morgan fingerprint density at radius 2 is 2.00 bits per heavy atom. The van der Waals surface area contributed by atoms with Crippen LogP contribution in [-0.2, 0) is 0 Å².